The van der Waals surface area contributed by atoms with Crippen LogP contribution in [0.1, 0.15) is 0 Å². The second-order valence-corrected chi connectivity index (χ2v) is 0. The van der Waals surface area contributed by atoms with Crippen LogP contribution >= 0.6 is 0 Å². The third-order valence-electron chi connectivity index (χ3n) is 0. The summed E-state index contributed by atoms with van der Waals surface area (Å²) in [6.45, 7) is 0. The molecule has 28 valence electrons. The molecular formula is H9CaNO2. The molecule has 0 spiro atoms. The molecule has 4 heteroatoms. The Morgan fingerprint density at radius 1 is 0.750 bits per heavy atom. The van der Waals surface area contributed by atoms with Gasteiger partial charge in [-0.05, 0) is 0 Å². The van der Waals surface area contributed by atoms with Crippen molar-refractivity contribution in [1.82, 2.24) is 6.15 Å². The van der Waals surface area contributed by atoms with Gasteiger partial charge in [-0.15, -0.1) is 0 Å². The van der Waals surface area contributed by atoms with Crippen molar-refractivity contribution in [3.63, 3.8) is 0 Å². The Labute approximate surface area is 54.6 Å². The molecule has 0 unspecified atom stereocenters. The van der Waals surface area contributed by atoms with Crippen molar-refractivity contribution in [3.8, 4) is 0 Å². The predicted molar refractivity (Wildman–Crippen MR) is 20.8 cm³/mol. The van der Waals surface area contributed by atoms with Crippen LogP contribution in [0, 0.1) is 0 Å². The van der Waals surface area contributed by atoms with Crippen LogP contribution in [0.4, 0.5) is 0 Å². The van der Waals surface area contributed by atoms with Crippen LogP contribution < -0.4 is 6.15 Å². The number of hydrogen-bond acceptors (Lipinski definition) is 1. The van der Waals surface area contributed by atoms with Gasteiger partial charge in [0.25, 0.3) is 0 Å². The molecule has 0 atom stereocenters. The molecule has 0 saturated heterocycles. The van der Waals surface area contributed by atoms with E-state index in [1.165, 1.54) is 0 Å². The number of rotatable bonds is 0. The summed E-state index contributed by atoms with van der Waals surface area (Å²) in [6, 6.07) is 0. The molecule has 0 aliphatic heterocycles. The van der Waals surface area contributed by atoms with E-state index in [0.717, 1.165) is 0 Å². The third kappa shape index (κ3) is 11.1. The quantitative estimate of drug-likeness (QED) is 0.333. The minimum absolute atomic E-state index is 0. The first-order chi connectivity index (χ1) is 0. The summed E-state index contributed by atoms with van der Waals surface area (Å²) in [6.07, 6.45) is 0. The van der Waals surface area contributed by atoms with E-state index in [0.29, 0.717) is 0 Å². The van der Waals surface area contributed by atoms with Gasteiger partial charge in [0.1, 0.15) is 0 Å². The van der Waals surface area contributed by atoms with Gasteiger partial charge in [0.15, 0.2) is 0 Å². The fraction of sp³-hybridized carbons (Fsp3) is 0. The van der Waals surface area contributed by atoms with Gasteiger partial charge in [-0.25, -0.2) is 0 Å². The predicted octanol–water partition coefficient (Wildman–Crippen LogP) is -2.40. The number of hydrogen-bond donors (Lipinski definition) is 1. The van der Waals surface area contributed by atoms with Crippen LogP contribution in [-0.4, -0.2) is 48.7 Å². The summed E-state index contributed by atoms with van der Waals surface area (Å²) < 4.78 is 0. The van der Waals surface area contributed by atoms with Crippen molar-refractivity contribution in [2.75, 3.05) is 0 Å². The molecule has 0 rings (SSSR count). The molecule has 0 aromatic carbocycles. The summed E-state index contributed by atoms with van der Waals surface area (Å²) in [5, 5.41) is 0. The molecule has 0 heterocycles. The summed E-state index contributed by atoms with van der Waals surface area (Å²) in [7, 11) is 0. The second-order valence-electron chi connectivity index (χ2n) is 0. The fourth-order valence-electron chi connectivity index (χ4n) is 0. The Balaban J connectivity index is 0. The topological polar surface area (TPSA) is 98.0 Å². The van der Waals surface area contributed by atoms with Gasteiger partial charge >= 0.3 is 37.7 Å². The Kier molecular flexibility index (Phi) is 533. The SMILES string of the molecule is N.O.O.[CaH2]. The molecule has 3 nitrogen and oxygen atoms in total. The molecule has 0 radical (unpaired) electrons. The monoisotopic (exact) mass is 95.0 g/mol. The van der Waals surface area contributed by atoms with Crippen molar-refractivity contribution in [3.05, 3.63) is 0 Å². The molecule has 0 fully saturated rings. The second kappa shape index (κ2) is 31.4. The van der Waals surface area contributed by atoms with Crippen LogP contribution in [0.3, 0.4) is 0 Å². The fourth-order valence-corrected chi connectivity index (χ4v) is 0. The molecule has 0 bridgehead atoms. The maximum atomic E-state index is 0. The standard InChI is InChI=1S/Ca.H3N.2H2O.2H/h;1H3;2*1H2;;. The molecule has 0 saturated carbocycles. The van der Waals surface area contributed by atoms with E-state index in [1.54, 1.807) is 0 Å². The maximum absolute atomic E-state index is 0. The summed E-state index contributed by atoms with van der Waals surface area (Å²) in [5.41, 5.74) is 0. The van der Waals surface area contributed by atoms with Crippen molar-refractivity contribution in [2.24, 2.45) is 0 Å². The van der Waals surface area contributed by atoms with Crippen molar-refractivity contribution in [1.29, 1.82) is 0 Å². The Morgan fingerprint density at radius 3 is 0.750 bits per heavy atom. The van der Waals surface area contributed by atoms with Gasteiger partial charge in [0, 0.05) is 0 Å². The summed E-state index contributed by atoms with van der Waals surface area (Å²) in [4.78, 5) is 0. The first kappa shape index (κ1) is 67.8. The molecule has 4 heavy (non-hydrogen) atoms. The third-order valence-corrected chi connectivity index (χ3v) is 0. The van der Waals surface area contributed by atoms with Crippen LogP contribution in [0.25, 0.3) is 0 Å². The zero-order valence-corrected chi connectivity index (χ0v) is 1.71. The summed E-state index contributed by atoms with van der Waals surface area (Å²) in [5.74, 6) is 0. The molecule has 7 N–H and O–H groups in total. The van der Waals surface area contributed by atoms with E-state index in [9.17, 15) is 0 Å². The minimum atomic E-state index is 0. The Bertz CT molecular complexity index is 6.00. The molecular weight excluding hydrogens is 86.1 g/mol. The molecule has 0 aromatic rings. The van der Waals surface area contributed by atoms with Gasteiger partial charge in [-0.1, -0.05) is 0 Å². The van der Waals surface area contributed by atoms with Crippen LogP contribution in [0.15, 0.2) is 0 Å². The van der Waals surface area contributed by atoms with E-state index in [1.807, 2.05) is 0 Å². The summed E-state index contributed by atoms with van der Waals surface area (Å²) >= 11 is 0. The molecule has 0 amide bonds. The van der Waals surface area contributed by atoms with E-state index < -0.39 is 0 Å². The Hall–Kier alpha value is 1.14. The first-order valence-electron chi connectivity index (χ1n) is 0. The molecule has 0 aliphatic carbocycles. The van der Waals surface area contributed by atoms with Gasteiger partial charge in [-0.3, -0.25) is 0 Å². The van der Waals surface area contributed by atoms with E-state index in [4.69, 9.17) is 0 Å². The van der Waals surface area contributed by atoms with Gasteiger partial charge in [0.05, 0.1) is 0 Å². The van der Waals surface area contributed by atoms with Crippen LogP contribution in [-0.2, 0) is 0 Å². The van der Waals surface area contributed by atoms with Gasteiger partial charge in [0.2, 0.25) is 0 Å². The van der Waals surface area contributed by atoms with E-state index in [2.05, 4.69) is 0 Å². The van der Waals surface area contributed by atoms with E-state index in [-0.39, 0.29) is 54.8 Å². The van der Waals surface area contributed by atoms with Crippen molar-refractivity contribution in [2.45, 2.75) is 0 Å². The van der Waals surface area contributed by atoms with Gasteiger partial charge in [-0.2, -0.15) is 0 Å². The van der Waals surface area contributed by atoms with E-state index >= 15 is 0 Å². The van der Waals surface area contributed by atoms with Crippen LogP contribution in [0.2, 0.25) is 0 Å². The zero-order chi connectivity index (χ0) is 0. The molecule has 0 aromatic heterocycles. The first-order valence-corrected chi connectivity index (χ1v) is 0. The molecule has 0 aliphatic rings. The average Bonchev–Trinajstić information content (AvgIpc) is 0. The van der Waals surface area contributed by atoms with Crippen molar-refractivity contribution >= 4 is 37.7 Å². The zero-order valence-electron chi connectivity index (χ0n) is 1.71. The van der Waals surface area contributed by atoms with Crippen LogP contribution in [0.5, 0.6) is 0 Å². The van der Waals surface area contributed by atoms with Gasteiger partial charge < -0.3 is 17.1 Å². The van der Waals surface area contributed by atoms with Crippen molar-refractivity contribution < 1.29 is 11.0 Å². The Morgan fingerprint density at radius 2 is 0.750 bits per heavy atom. The average molecular weight is 95.2 g/mol. The normalized spacial score (nSPS) is 0.